The summed E-state index contributed by atoms with van der Waals surface area (Å²) in [6, 6.07) is 3.78. The van der Waals surface area contributed by atoms with Crippen molar-refractivity contribution < 1.29 is 13.2 Å². The highest BCUT2D eigenvalue weighted by atomic mass is 32.2. The van der Waals surface area contributed by atoms with Gasteiger partial charge >= 0.3 is 0 Å². The normalized spacial score (nSPS) is 15.5. The molecule has 1 fully saturated rings. The maximum absolute atomic E-state index is 13.2. The van der Waals surface area contributed by atoms with Crippen molar-refractivity contribution in [3.8, 4) is 0 Å². The van der Waals surface area contributed by atoms with Crippen molar-refractivity contribution in [2.24, 2.45) is 0 Å². The van der Waals surface area contributed by atoms with E-state index in [0.29, 0.717) is 22.8 Å². The SMILES string of the molecule is CCCc1n[nH]c(=S)n1CC(=O)N1CCN(S(=O)(=O)c2c(C)cc(C)cc2C)CC1. The monoisotopic (exact) mass is 451 g/mol. The Hall–Kier alpha value is -2.04. The highest BCUT2D eigenvalue weighted by Crippen LogP contribution is 2.26. The Labute approximate surface area is 182 Å². The lowest BCUT2D eigenvalue weighted by Gasteiger charge is -2.34. The fourth-order valence-corrected chi connectivity index (χ4v) is 6.09. The molecule has 2 aromatic rings. The number of aryl methyl sites for hydroxylation is 4. The van der Waals surface area contributed by atoms with Gasteiger partial charge in [-0.25, -0.2) is 8.42 Å². The van der Waals surface area contributed by atoms with Gasteiger partial charge in [-0.05, 0) is 50.5 Å². The second-order valence-corrected chi connectivity index (χ2v) is 10.1. The number of aromatic amines is 1. The number of hydrogen-bond acceptors (Lipinski definition) is 5. The molecule has 10 heteroatoms. The fourth-order valence-electron chi connectivity index (χ4n) is 4.04. The van der Waals surface area contributed by atoms with E-state index in [4.69, 9.17) is 12.2 Å². The van der Waals surface area contributed by atoms with Gasteiger partial charge in [-0.15, -0.1) is 0 Å². The highest BCUT2D eigenvalue weighted by molar-refractivity contribution is 7.89. The molecule has 1 aromatic carbocycles. The van der Waals surface area contributed by atoms with E-state index < -0.39 is 10.0 Å². The second kappa shape index (κ2) is 8.99. The van der Waals surface area contributed by atoms with Crippen LogP contribution in [0.5, 0.6) is 0 Å². The molecular weight excluding hydrogens is 422 g/mol. The molecule has 0 spiro atoms. The number of nitrogens with zero attached hydrogens (tertiary/aromatic N) is 4. The second-order valence-electron chi connectivity index (χ2n) is 7.79. The molecule has 8 nitrogen and oxygen atoms in total. The molecule has 1 N–H and O–H groups in total. The summed E-state index contributed by atoms with van der Waals surface area (Å²) in [4.78, 5) is 14.9. The molecule has 2 heterocycles. The Morgan fingerprint density at radius 3 is 2.30 bits per heavy atom. The number of amides is 1. The lowest BCUT2D eigenvalue weighted by atomic mass is 10.1. The summed E-state index contributed by atoms with van der Waals surface area (Å²) in [5, 5.41) is 6.94. The average molecular weight is 452 g/mol. The summed E-state index contributed by atoms with van der Waals surface area (Å²) < 4.78 is 30.1. The molecule has 3 rings (SSSR count). The van der Waals surface area contributed by atoms with Crippen molar-refractivity contribution in [1.29, 1.82) is 0 Å². The first kappa shape index (κ1) is 22.6. The molecule has 0 atom stereocenters. The number of carbonyl (C=O) groups excluding carboxylic acids is 1. The Bertz CT molecular complexity index is 1070. The van der Waals surface area contributed by atoms with Gasteiger partial charge in [0.05, 0.1) is 4.90 Å². The van der Waals surface area contributed by atoms with E-state index in [9.17, 15) is 13.2 Å². The zero-order valence-electron chi connectivity index (χ0n) is 17.9. The molecule has 1 aromatic heterocycles. The number of sulfonamides is 1. The molecule has 1 aliphatic rings. The summed E-state index contributed by atoms with van der Waals surface area (Å²) in [7, 11) is -3.60. The van der Waals surface area contributed by atoms with Gasteiger partial charge < -0.3 is 4.90 Å². The van der Waals surface area contributed by atoms with Crippen LogP contribution in [-0.4, -0.2) is 64.5 Å². The number of carbonyl (C=O) groups is 1. The third-order valence-electron chi connectivity index (χ3n) is 5.40. The van der Waals surface area contributed by atoms with Gasteiger partial charge in [-0.3, -0.25) is 14.5 Å². The Balaban J connectivity index is 1.70. The van der Waals surface area contributed by atoms with Gasteiger partial charge in [0, 0.05) is 32.6 Å². The van der Waals surface area contributed by atoms with Gasteiger partial charge in [-0.2, -0.15) is 9.40 Å². The topological polar surface area (TPSA) is 91.3 Å². The van der Waals surface area contributed by atoms with Gasteiger partial charge in [0.25, 0.3) is 0 Å². The molecule has 1 saturated heterocycles. The van der Waals surface area contributed by atoms with Gasteiger partial charge in [0.2, 0.25) is 15.9 Å². The molecule has 30 heavy (non-hydrogen) atoms. The summed E-state index contributed by atoms with van der Waals surface area (Å²) in [6.45, 7) is 9.04. The van der Waals surface area contributed by atoms with Crippen molar-refractivity contribution in [3.05, 3.63) is 39.4 Å². The molecule has 1 aliphatic heterocycles. The van der Waals surface area contributed by atoms with Crippen LogP contribution in [0, 0.1) is 25.5 Å². The number of aromatic nitrogens is 3. The van der Waals surface area contributed by atoms with E-state index in [1.54, 1.807) is 9.47 Å². The van der Waals surface area contributed by atoms with E-state index in [0.717, 1.165) is 35.4 Å². The van der Waals surface area contributed by atoms with Crippen LogP contribution in [0.2, 0.25) is 0 Å². The van der Waals surface area contributed by atoms with Crippen molar-refractivity contribution in [2.45, 2.75) is 52.0 Å². The third-order valence-corrected chi connectivity index (χ3v) is 7.91. The Morgan fingerprint density at radius 2 is 1.73 bits per heavy atom. The van der Waals surface area contributed by atoms with E-state index >= 15 is 0 Å². The van der Waals surface area contributed by atoms with Crippen LogP contribution < -0.4 is 0 Å². The Morgan fingerprint density at radius 1 is 1.13 bits per heavy atom. The fraction of sp³-hybridized carbons (Fsp3) is 0.550. The summed E-state index contributed by atoms with van der Waals surface area (Å²) in [5.41, 5.74) is 2.55. The smallest absolute Gasteiger partial charge is 0.243 e. The molecule has 1 amide bonds. The van der Waals surface area contributed by atoms with Crippen LogP contribution in [-0.2, 0) is 27.8 Å². The molecule has 0 bridgehead atoms. The van der Waals surface area contributed by atoms with Crippen molar-refractivity contribution >= 4 is 28.1 Å². The molecule has 164 valence electrons. The predicted molar refractivity (Wildman–Crippen MR) is 117 cm³/mol. The summed E-state index contributed by atoms with van der Waals surface area (Å²) >= 11 is 5.25. The van der Waals surface area contributed by atoms with Crippen molar-refractivity contribution in [3.63, 3.8) is 0 Å². The summed E-state index contributed by atoms with van der Waals surface area (Å²) in [5.74, 6) is 0.687. The summed E-state index contributed by atoms with van der Waals surface area (Å²) in [6.07, 6.45) is 1.64. The van der Waals surface area contributed by atoms with E-state index in [-0.39, 0.29) is 25.5 Å². The van der Waals surface area contributed by atoms with Crippen molar-refractivity contribution in [2.75, 3.05) is 26.2 Å². The molecule has 0 radical (unpaired) electrons. The zero-order chi connectivity index (χ0) is 22.1. The van der Waals surface area contributed by atoms with Crippen molar-refractivity contribution in [1.82, 2.24) is 24.0 Å². The van der Waals surface area contributed by atoms with Crippen LogP contribution in [0.1, 0.15) is 35.9 Å². The number of piperazine rings is 1. The molecule has 0 aliphatic carbocycles. The largest absolute Gasteiger partial charge is 0.338 e. The van der Waals surface area contributed by atoms with Crippen LogP contribution in [0.25, 0.3) is 0 Å². The van der Waals surface area contributed by atoms with Crippen LogP contribution in [0.3, 0.4) is 0 Å². The lowest BCUT2D eigenvalue weighted by molar-refractivity contribution is -0.133. The Kier molecular flexibility index (Phi) is 6.78. The number of H-pyrrole nitrogens is 1. The molecule has 0 unspecified atom stereocenters. The average Bonchev–Trinajstić information content (AvgIpc) is 3.01. The number of hydrogen-bond donors (Lipinski definition) is 1. The minimum Gasteiger partial charge on any atom is -0.338 e. The first-order valence-corrected chi connectivity index (χ1v) is 12.0. The zero-order valence-corrected chi connectivity index (χ0v) is 19.6. The first-order valence-electron chi connectivity index (χ1n) is 10.1. The van der Waals surface area contributed by atoms with Crippen LogP contribution in [0.4, 0.5) is 0 Å². The van der Waals surface area contributed by atoms with E-state index in [2.05, 4.69) is 10.2 Å². The maximum Gasteiger partial charge on any atom is 0.243 e. The first-order chi connectivity index (χ1) is 14.1. The number of benzene rings is 1. The predicted octanol–water partition coefficient (Wildman–Crippen LogP) is 2.35. The van der Waals surface area contributed by atoms with Crippen LogP contribution in [0.15, 0.2) is 17.0 Å². The van der Waals surface area contributed by atoms with Gasteiger partial charge in [0.1, 0.15) is 12.4 Å². The number of rotatable bonds is 6. The lowest BCUT2D eigenvalue weighted by Crippen LogP contribution is -2.51. The van der Waals surface area contributed by atoms with Gasteiger partial charge in [-0.1, -0.05) is 24.6 Å². The molecular formula is C20H29N5O3S2. The van der Waals surface area contributed by atoms with E-state index in [1.807, 2.05) is 39.8 Å². The maximum atomic E-state index is 13.2. The quantitative estimate of drug-likeness (QED) is 0.681. The number of nitrogens with one attached hydrogen (secondary N) is 1. The van der Waals surface area contributed by atoms with Gasteiger partial charge in [0.15, 0.2) is 4.77 Å². The molecule has 0 saturated carbocycles. The third kappa shape index (κ3) is 4.50. The van der Waals surface area contributed by atoms with Crippen LogP contribution >= 0.6 is 12.2 Å². The van der Waals surface area contributed by atoms with E-state index in [1.165, 1.54) is 4.31 Å². The minimum atomic E-state index is -3.60. The highest BCUT2D eigenvalue weighted by Gasteiger charge is 2.32. The standard InChI is InChI=1S/C20H29N5O3S2/c1-5-6-17-21-22-20(29)25(17)13-18(26)23-7-9-24(10-8-23)30(27,28)19-15(3)11-14(2)12-16(19)4/h11-12H,5-10,13H2,1-4H3,(H,22,29). The minimum absolute atomic E-state index is 0.0791.